The molecule has 0 aromatic heterocycles. The average molecular weight is 470 g/mol. The summed E-state index contributed by atoms with van der Waals surface area (Å²) < 4.78 is 52.9. The van der Waals surface area contributed by atoms with Crippen LogP contribution in [0.3, 0.4) is 0 Å². The minimum absolute atomic E-state index is 0.0204. The number of sulfonamides is 1. The number of hydrogen-bond donors (Lipinski definition) is 1. The molecule has 27 heavy (non-hydrogen) atoms. The lowest BCUT2D eigenvalue weighted by molar-refractivity contribution is -0.120. The zero-order valence-electron chi connectivity index (χ0n) is 14.0. The summed E-state index contributed by atoms with van der Waals surface area (Å²) in [5.41, 5.74) is 1.20. The largest absolute Gasteiger partial charge is 0.274 e. The number of amides is 1. The van der Waals surface area contributed by atoms with Crippen LogP contribution in [0.2, 0.25) is 0 Å². The van der Waals surface area contributed by atoms with Gasteiger partial charge in [0.15, 0.2) is 9.84 Å². The second-order valence-electron chi connectivity index (χ2n) is 6.82. The van der Waals surface area contributed by atoms with E-state index in [-0.39, 0.29) is 16.4 Å². The summed E-state index contributed by atoms with van der Waals surface area (Å²) in [7, 11) is -7.82. The Balaban J connectivity index is 1.52. The quantitative estimate of drug-likeness (QED) is 0.741. The second-order valence-corrected chi connectivity index (χ2v) is 11.6. The molecule has 2 aromatic rings. The molecule has 6 nitrogen and oxygen atoms in total. The Labute approximate surface area is 166 Å². The molecule has 1 amide bonds. The van der Waals surface area contributed by atoms with Crippen molar-refractivity contribution in [3.8, 4) is 0 Å². The number of halogens is 1. The normalized spacial score (nSPS) is 25.6. The predicted octanol–water partition coefficient (Wildman–Crippen LogP) is 2.53. The number of fused-ring (bicyclic) bond motifs is 1. The Hall–Kier alpha value is -1.71. The molecule has 2 aliphatic rings. The highest BCUT2D eigenvalue weighted by atomic mass is 79.9. The van der Waals surface area contributed by atoms with Crippen molar-refractivity contribution < 1.29 is 21.6 Å². The lowest BCUT2D eigenvalue weighted by Crippen LogP contribution is -2.36. The van der Waals surface area contributed by atoms with Gasteiger partial charge in [0.25, 0.3) is 0 Å². The average Bonchev–Trinajstić information content (AvgIpc) is 3.36. The molecule has 0 bridgehead atoms. The first-order valence-corrected chi connectivity index (χ1v) is 12.3. The van der Waals surface area contributed by atoms with Crippen LogP contribution in [0.4, 0.5) is 0 Å². The smallest absolute Gasteiger partial charge is 0.243 e. The fraction of sp³-hybridized carbons (Fsp3) is 0.278. The predicted molar refractivity (Wildman–Crippen MR) is 103 cm³/mol. The van der Waals surface area contributed by atoms with Crippen LogP contribution in [0.1, 0.15) is 28.7 Å². The molecule has 2 aromatic carbocycles. The molecule has 9 heteroatoms. The highest BCUT2D eigenvalue weighted by molar-refractivity contribution is 9.10. The molecule has 3 atom stereocenters. The number of rotatable bonds is 4. The van der Waals surface area contributed by atoms with E-state index >= 15 is 0 Å². The number of sulfone groups is 1. The lowest BCUT2D eigenvalue weighted by Gasteiger charge is -2.13. The van der Waals surface area contributed by atoms with Gasteiger partial charge in [-0.3, -0.25) is 9.52 Å². The van der Waals surface area contributed by atoms with Crippen LogP contribution in [0.15, 0.2) is 57.9 Å². The third kappa shape index (κ3) is 3.43. The summed E-state index contributed by atoms with van der Waals surface area (Å²) in [4.78, 5) is 12.5. The zero-order valence-corrected chi connectivity index (χ0v) is 17.2. The summed E-state index contributed by atoms with van der Waals surface area (Å²) in [5.74, 6) is -1.57. The molecule has 0 saturated heterocycles. The highest BCUT2D eigenvalue weighted by Gasteiger charge is 2.48. The van der Waals surface area contributed by atoms with Gasteiger partial charge in [-0.2, -0.15) is 0 Å². The van der Waals surface area contributed by atoms with Gasteiger partial charge in [0.2, 0.25) is 15.9 Å². The van der Waals surface area contributed by atoms with Crippen molar-refractivity contribution in [3.63, 3.8) is 0 Å². The highest BCUT2D eigenvalue weighted by Crippen LogP contribution is 2.48. The standard InChI is InChI=1S/C18H16BrNO5S2/c19-12-7-5-11(6-8-12)14-9-15(14)18(21)20-27(24,25)17-10-26(22,23)16-4-2-1-3-13(16)17/h1-8,14-15,17H,9-10H2,(H,20,21)/t14-,15+,17?/m0/s1. The SMILES string of the molecule is O=C(NS(=O)(=O)C1CS(=O)(=O)c2ccccc21)[C@@H]1C[C@H]1c1ccc(Br)cc1. The van der Waals surface area contributed by atoms with Crippen molar-refractivity contribution in [3.05, 3.63) is 64.1 Å². The van der Waals surface area contributed by atoms with Crippen molar-refractivity contribution in [2.45, 2.75) is 22.5 Å². The van der Waals surface area contributed by atoms with Gasteiger partial charge in [-0.25, -0.2) is 16.8 Å². The Kier molecular flexibility index (Phi) is 4.44. The van der Waals surface area contributed by atoms with Crippen LogP contribution in [0, 0.1) is 5.92 Å². The number of nitrogens with one attached hydrogen (secondary N) is 1. The monoisotopic (exact) mass is 469 g/mol. The van der Waals surface area contributed by atoms with E-state index in [1.807, 2.05) is 24.3 Å². The van der Waals surface area contributed by atoms with E-state index in [0.717, 1.165) is 10.0 Å². The van der Waals surface area contributed by atoms with Crippen molar-refractivity contribution in [2.24, 2.45) is 5.92 Å². The Morgan fingerprint density at radius 1 is 1.07 bits per heavy atom. The Morgan fingerprint density at radius 3 is 2.44 bits per heavy atom. The topological polar surface area (TPSA) is 97.4 Å². The molecular weight excluding hydrogens is 454 g/mol. The number of benzene rings is 2. The molecule has 1 heterocycles. The summed E-state index contributed by atoms with van der Waals surface area (Å²) in [6.45, 7) is 0. The van der Waals surface area contributed by atoms with Crippen LogP contribution < -0.4 is 4.72 Å². The van der Waals surface area contributed by atoms with Crippen molar-refractivity contribution in [1.82, 2.24) is 4.72 Å². The van der Waals surface area contributed by atoms with Gasteiger partial charge in [-0.05, 0) is 41.7 Å². The lowest BCUT2D eigenvalue weighted by atomic mass is 10.1. The number of carbonyl (C=O) groups excluding carboxylic acids is 1. The van der Waals surface area contributed by atoms with E-state index < -0.39 is 42.7 Å². The van der Waals surface area contributed by atoms with Crippen LogP contribution in [0.5, 0.6) is 0 Å². The van der Waals surface area contributed by atoms with Gasteiger partial charge in [0.1, 0.15) is 5.25 Å². The summed E-state index contributed by atoms with van der Waals surface area (Å²) in [6.07, 6.45) is 0.572. The van der Waals surface area contributed by atoms with Crippen LogP contribution in [0.25, 0.3) is 0 Å². The van der Waals surface area contributed by atoms with E-state index in [1.165, 1.54) is 12.1 Å². The maximum absolute atomic E-state index is 12.7. The molecule has 1 unspecified atom stereocenters. The first-order valence-electron chi connectivity index (χ1n) is 8.32. The first-order chi connectivity index (χ1) is 12.7. The van der Waals surface area contributed by atoms with E-state index in [4.69, 9.17) is 0 Å². The first kappa shape index (κ1) is 18.6. The Bertz CT molecular complexity index is 1130. The van der Waals surface area contributed by atoms with Gasteiger partial charge in [0.05, 0.1) is 10.6 Å². The molecule has 0 radical (unpaired) electrons. The molecule has 4 rings (SSSR count). The number of carbonyl (C=O) groups is 1. The summed E-state index contributed by atoms with van der Waals surface area (Å²) in [5, 5.41) is -1.27. The molecule has 1 fully saturated rings. The second kappa shape index (κ2) is 6.42. The fourth-order valence-corrected chi connectivity index (χ4v) is 7.84. The molecule has 1 aliphatic carbocycles. The van der Waals surface area contributed by atoms with E-state index in [9.17, 15) is 21.6 Å². The fourth-order valence-electron chi connectivity index (χ4n) is 3.52. The van der Waals surface area contributed by atoms with Gasteiger partial charge in [0, 0.05) is 10.4 Å². The van der Waals surface area contributed by atoms with E-state index in [1.54, 1.807) is 12.1 Å². The molecule has 1 aliphatic heterocycles. The van der Waals surface area contributed by atoms with Crippen LogP contribution in [-0.4, -0.2) is 28.5 Å². The summed E-state index contributed by atoms with van der Waals surface area (Å²) >= 11 is 3.35. The van der Waals surface area contributed by atoms with E-state index in [0.29, 0.717) is 6.42 Å². The number of hydrogen-bond acceptors (Lipinski definition) is 5. The van der Waals surface area contributed by atoms with Crippen molar-refractivity contribution >= 4 is 41.7 Å². The van der Waals surface area contributed by atoms with Gasteiger partial charge in [-0.1, -0.05) is 46.3 Å². The molecule has 1 N–H and O–H groups in total. The maximum Gasteiger partial charge on any atom is 0.243 e. The minimum atomic E-state index is -4.15. The van der Waals surface area contributed by atoms with Gasteiger partial charge in [-0.15, -0.1) is 0 Å². The van der Waals surface area contributed by atoms with Crippen molar-refractivity contribution in [1.29, 1.82) is 0 Å². The van der Waals surface area contributed by atoms with Crippen molar-refractivity contribution in [2.75, 3.05) is 5.75 Å². The minimum Gasteiger partial charge on any atom is -0.274 e. The molecule has 0 spiro atoms. The molecule has 142 valence electrons. The maximum atomic E-state index is 12.7. The zero-order chi connectivity index (χ0) is 19.4. The third-order valence-corrected chi connectivity index (χ3v) is 9.22. The Morgan fingerprint density at radius 2 is 1.74 bits per heavy atom. The van der Waals surface area contributed by atoms with Gasteiger partial charge >= 0.3 is 0 Å². The molecule has 1 saturated carbocycles. The summed E-state index contributed by atoms with van der Waals surface area (Å²) in [6, 6.07) is 13.6. The van der Waals surface area contributed by atoms with E-state index in [2.05, 4.69) is 20.7 Å². The van der Waals surface area contributed by atoms with Gasteiger partial charge < -0.3 is 0 Å². The van der Waals surface area contributed by atoms with Crippen LogP contribution in [-0.2, 0) is 24.7 Å². The third-order valence-electron chi connectivity index (χ3n) is 5.01. The molecular formula is C18H16BrNO5S2. The van der Waals surface area contributed by atoms with Crippen LogP contribution >= 0.6 is 15.9 Å².